The van der Waals surface area contributed by atoms with E-state index in [0.717, 1.165) is 12.8 Å². The lowest BCUT2D eigenvalue weighted by molar-refractivity contribution is 0.0757. The lowest BCUT2D eigenvalue weighted by Crippen LogP contribution is -2.43. The average molecular weight is 171 g/mol. The van der Waals surface area contributed by atoms with Gasteiger partial charge >= 0.3 is 6.09 Å². The maximum Gasteiger partial charge on any atom is 0.410 e. The van der Waals surface area contributed by atoms with Crippen LogP contribution in [0.3, 0.4) is 0 Å². The zero-order valence-electron chi connectivity index (χ0n) is 8.26. The fourth-order valence-electron chi connectivity index (χ4n) is 0.681. The Morgan fingerprint density at radius 2 is 1.92 bits per heavy atom. The Labute approximate surface area is 73.7 Å². The second-order valence-corrected chi connectivity index (χ2v) is 4.31. The SMILES string of the molecule is CN(C(=O)OC1CC1)C(C)(C)C. The van der Waals surface area contributed by atoms with Crippen molar-refractivity contribution in [2.75, 3.05) is 7.05 Å². The predicted octanol–water partition coefficient (Wildman–Crippen LogP) is 2.02. The van der Waals surface area contributed by atoms with Gasteiger partial charge in [-0.1, -0.05) is 0 Å². The van der Waals surface area contributed by atoms with Crippen molar-refractivity contribution in [3.63, 3.8) is 0 Å². The Morgan fingerprint density at radius 3 is 2.25 bits per heavy atom. The normalized spacial score (nSPS) is 17.3. The summed E-state index contributed by atoms with van der Waals surface area (Å²) < 4.78 is 5.14. The molecule has 0 saturated heterocycles. The molecule has 0 bridgehead atoms. The van der Waals surface area contributed by atoms with Crippen molar-refractivity contribution >= 4 is 6.09 Å². The number of carbonyl (C=O) groups is 1. The summed E-state index contributed by atoms with van der Waals surface area (Å²) in [6, 6.07) is 0. The van der Waals surface area contributed by atoms with Crippen molar-refractivity contribution in [1.82, 2.24) is 4.90 Å². The van der Waals surface area contributed by atoms with Gasteiger partial charge in [0.05, 0.1) is 0 Å². The lowest BCUT2D eigenvalue weighted by Gasteiger charge is -2.30. The molecule has 70 valence electrons. The second kappa shape index (κ2) is 2.96. The van der Waals surface area contributed by atoms with Crippen molar-refractivity contribution < 1.29 is 9.53 Å². The van der Waals surface area contributed by atoms with Gasteiger partial charge in [0.2, 0.25) is 0 Å². The zero-order valence-corrected chi connectivity index (χ0v) is 8.26. The van der Waals surface area contributed by atoms with Crippen LogP contribution in [-0.2, 0) is 4.74 Å². The van der Waals surface area contributed by atoms with Crippen LogP contribution >= 0.6 is 0 Å². The van der Waals surface area contributed by atoms with E-state index in [1.807, 2.05) is 20.8 Å². The van der Waals surface area contributed by atoms with Gasteiger partial charge < -0.3 is 9.64 Å². The van der Waals surface area contributed by atoms with E-state index >= 15 is 0 Å². The van der Waals surface area contributed by atoms with E-state index in [2.05, 4.69) is 0 Å². The summed E-state index contributed by atoms with van der Waals surface area (Å²) in [5.74, 6) is 0. The monoisotopic (exact) mass is 171 g/mol. The number of carbonyl (C=O) groups excluding carboxylic acids is 1. The van der Waals surface area contributed by atoms with Crippen LogP contribution in [-0.4, -0.2) is 29.7 Å². The quantitative estimate of drug-likeness (QED) is 0.604. The minimum Gasteiger partial charge on any atom is -0.446 e. The number of hydrogen-bond acceptors (Lipinski definition) is 2. The van der Waals surface area contributed by atoms with Crippen LogP contribution in [0.5, 0.6) is 0 Å². The molecule has 3 heteroatoms. The molecule has 1 fully saturated rings. The Kier molecular flexibility index (Phi) is 2.31. The molecule has 0 N–H and O–H groups in total. The van der Waals surface area contributed by atoms with Gasteiger partial charge in [-0.15, -0.1) is 0 Å². The molecular formula is C9H17NO2. The van der Waals surface area contributed by atoms with E-state index in [9.17, 15) is 4.79 Å². The summed E-state index contributed by atoms with van der Waals surface area (Å²) in [5.41, 5.74) is -0.147. The number of ether oxygens (including phenoxy) is 1. The van der Waals surface area contributed by atoms with E-state index in [1.54, 1.807) is 11.9 Å². The number of nitrogens with zero attached hydrogens (tertiary/aromatic N) is 1. The topological polar surface area (TPSA) is 29.5 Å². The van der Waals surface area contributed by atoms with Crippen LogP contribution < -0.4 is 0 Å². The first-order valence-corrected chi connectivity index (χ1v) is 4.35. The highest BCUT2D eigenvalue weighted by molar-refractivity contribution is 5.68. The Balaban J connectivity index is 2.39. The number of rotatable bonds is 1. The highest BCUT2D eigenvalue weighted by Crippen LogP contribution is 2.25. The molecule has 12 heavy (non-hydrogen) atoms. The molecule has 0 aromatic heterocycles. The van der Waals surface area contributed by atoms with Gasteiger partial charge in [0.25, 0.3) is 0 Å². The van der Waals surface area contributed by atoms with Crippen LogP contribution in [0.2, 0.25) is 0 Å². The van der Waals surface area contributed by atoms with Crippen molar-refractivity contribution in [2.24, 2.45) is 0 Å². The van der Waals surface area contributed by atoms with Gasteiger partial charge in [0.1, 0.15) is 6.10 Å². The summed E-state index contributed by atoms with van der Waals surface area (Å²) in [7, 11) is 1.77. The van der Waals surface area contributed by atoms with Gasteiger partial charge in [-0.3, -0.25) is 0 Å². The fraction of sp³-hybridized carbons (Fsp3) is 0.889. The van der Waals surface area contributed by atoms with Crippen molar-refractivity contribution in [2.45, 2.75) is 45.3 Å². The van der Waals surface area contributed by atoms with Crippen molar-refractivity contribution in [3.05, 3.63) is 0 Å². The fourth-order valence-corrected chi connectivity index (χ4v) is 0.681. The molecular weight excluding hydrogens is 154 g/mol. The summed E-state index contributed by atoms with van der Waals surface area (Å²) >= 11 is 0. The summed E-state index contributed by atoms with van der Waals surface area (Å²) in [6.45, 7) is 5.96. The number of amides is 1. The van der Waals surface area contributed by atoms with E-state index in [0.29, 0.717) is 0 Å². The highest BCUT2D eigenvalue weighted by atomic mass is 16.6. The lowest BCUT2D eigenvalue weighted by atomic mass is 10.1. The largest absolute Gasteiger partial charge is 0.446 e. The molecule has 0 aliphatic heterocycles. The Bertz CT molecular complexity index is 179. The standard InChI is InChI=1S/C9H17NO2/c1-9(2,3)10(4)8(11)12-7-5-6-7/h7H,5-6H2,1-4H3. The molecule has 1 saturated carbocycles. The van der Waals surface area contributed by atoms with E-state index in [4.69, 9.17) is 4.74 Å². The van der Waals surface area contributed by atoms with Gasteiger partial charge in [0.15, 0.2) is 0 Å². The molecule has 0 atom stereocenters. The molecule has 0 spiro atoms. The molecule has 0 heterocycles. The third kappa shape index (κ3) is 2.40. The van der Waals surface area contributed by atoms with E-state index in [1.165, 1.54) is 0 Å². The third-order valence-electron chi connectivity index (χ3n) is 2.07. The van der Waals surface area contributed by atoms with Crippen molar-refractivity contribution in [3.8, 4) is 0 Å². The Morgan fingerprint density at radius 1 is 1.42 bits per heavy atom. The van der Waals surface area contributed by atoms with E-state index in [-0.39, 0.29) is 17.7 Å². The average Bonchev–Trinajstić information content (AvgIpc) is 2.68. The molecule has 3 nitrogen and oxygen atoms in total. The smallest absolute Gasteiger partial charge is 0.410 e. The first-order valence-electron chi connectivity index (χ1n) is 4.35. The van der Waals surface area contributed by atoms with Gasteiger partial charge in [-0.05, 0) is 33.6 Å². The zero-order chi connectivity index (χ0) is 9.35. The molecule has 1 rings (SSSR count). The first kappa shape index (κ1) is 9.36. The molecule has 1 amide bonds. The summed E-state index contributed by atoms with van der Waals surface area (Å²) in [5, 5.41) is 0. The third-order valence-corrected chi connectivity index (χ3v) is 2.07. The molecule has 0 unspecified atom stereocenters. The second-order valence-electron chi connectivity index (χ2n) is 4.31. The molecule has 0 radical (unpaired) electrons. The van der Waals surface area contributed by atoms with Crippen LogP contribution in [0.15, 0.2) is 0 Å². The van der Waals surface area contributed by atoms with Crippen LogP contribution in [0.25, 0.3) is 0 Å². The minimum absolute atomic E-state index is 0.147. The van der Waals surface area contributed by atoms with Gasteiger partial charge in [-0.2, -0.15) is 0 Å². The number of hydrogen-bond donors (Lipinski definition) is 0. The summed E-state index contributed by atoms with van der Waals surface area (Å²) in [6.07, 6.45) is 2.06. The van der Waals surface area contributed by atoms with Crippen LogP contribution in [0, 0.1) is 0 Å². The van der Waals surface area contributed by atoms with Gasteiger partial charge in [0, 0.05) is 12.6 Å². The van der Waals surface area contributed by atoms with Crippen LogP contribution in [0.4, 0.5) is 4.79 Å². The van der Waals surface area contributed by atoms with E-state index < -0.39 is 0 Å². The first-order chi connectivity index (χ1) is 5.41. The maximum absolute atomic E-state index is 11.3. The van der Waals surface area contributed by atoms with Gasteiger partial charge in [-0.25, -0.2) is 4.79 Å². The predicted molar refractivity (Wildman–Crippen MR) is 47.0 cm³/mol. The van der Waals surface area contributed by atoms with Crippen molar-refractivity contribution in [1.29, 1.82) is 0 Å². The maximum atomic E-state index is 11.3. The highest BCUT2D eigenvalue weighted by Gasteiger charge is 2.30. The van der Waals surface area contributed by atoms with Crippen LogP contribution in [0.1, 0.15) is 33.6 Å². The molecule has 0 aromatic carbocycles. The molecule has 0 aromatic rings. The Hall–Kier alpha value is -0.730. The molecule has 1 aliphatic rings. The molecule has 1 aliphatic carbocycles. The minimum atomic E-state index is -0.204. The summed E-state index contributed by atoms with van der Waals surface area (Å²) in [4.78, 5) is 13.0.